The van der Waals surface area contributed by atoms with Gasteiger partial charge in [-0.05, 0) is 43.0 Å². The summed E-state index contributed by atoms with van der Waals surface area (Å²) in [5.41, 5.74) is 1.70. The fraction of sp³-hybridized carbons (Fsp3) is 0.200. The first-order chi connectivity index (χ1) is 10.0. The molecule has 0 spiro atoms. The third kappa shape index (κ3) is 3.89. The summed E-state index contributed by atoms with van der Waals surface area (Å²) in [5.74, 6) is 0. The smallest absolute Gasteiger partial charge is 0.289 e. The summed E-state index contributed by atoms with van der Waals surface area (Å²) in [5, 5.41) is 14.3. The molecule has 1 N–H and O–H groups in total. The van der Waals surface area contributed by atoms with Crippen LogP contribution in [0, 0.1) is 10.1 Å². The van der Waals surface area contributed by atoms with Crippen molar-refractivity contribution < 1.29 is 4.92 Å². The number of nitro benzene ring substituents is 1. The Morgan fingerprint density at radius 3 is 2.48 bits per heavy atom. The lowest BCUT2D eigenvalue weighted by molar-refractivity contribution is -0.384. The van der Waals surface area contributed by atoms with Crippen molar-refractivity contribution >= 4 is 34.7 Å². The van der Waals surface area contributed by atoms with Crippen LogP contribution in [0.15, 0.2) is 47.4 Å². The molecule has 0 aromatic heterocycles. The first-order valence-corrected chi connectivity index (χ1v) is 7.96. The fourth-order valence-corrected chi connectivity index (χ4v) is 2.56. The molecule has 0 aliphatic carbocycles. The molecule has 0 amide bonds. The standard InChI is InChI=1S/C15H15ClN2O2S/c1-10(11-3-6-13(21-2)7-4-11)17-12-5-8-14(16)15(9-12)18(19)20/h3-10,17H,1-2H3. The minimum atomic E-state index is -0.481. The van der Waals surface area contributed by atoms with Crippen molar-refractivity contribution in [2.24, 2.45) is 0 Å². The summed E-state index contributed by atoms with van der Waals surface area (Å²) < 4.78 is 0. The predicted octanol–water partition coefficient (Wildman–Crippen LogP) is 5.14. The summed E-state index contributed by atoms with van der Waals surface area (Å²) in [6.07, 6.45) is 2.03. The monoisotopic (exact) mass is 322 g/mol. The van der Waals surface area contributed by atoms with Gasteiger partial charge in [-0.15, -0.1) is 11.8 Å². The quantitative estimate of drug-likeness (QED) is 0.470. The highest BCUT2D eigenvalue weighted by molar-refractivity contribution is 7.98. The molecular weight excluding hydrogens is 308 g/mol. The maximum atomic E-state index is 10.9. The van der Waals surface area contributed by atoms with Crippen molar-refractivity contribution in [3.05, 3.63) is 63.2 Å². The van der Waals surface area contributed by atoms with Crippen LogP contribution < -0.4 is 5.32 Å². The molecule has 0 heterocycles. The van der Waals surface area contributed by atoms with Gasteiger partial charge < -0.3 is 5.32 Å². The van der Waals surface area contributed by atoms with Gasteiger partial charge >= 0.3 is 0 Å². The molecule has 21 heavy (non-hydrogen) atoms. The van der Waals surface area contributed by atoms with Crippen molar-refractivity contribution in [1.82, 2.24) is 0 Å². The Labute approximate surface area is 132 Å². The summed E-state index contributed by atoms with van der Waals surface area (Å²) in [6, 6.07) is 13.0. The average molecular weight is 323 g/mol. The van der Waals surface area contributed by atoms with Crippen LogP contribution in [-0.4, -0.2) is 11.2 Å². The Kier molecular flexibility index (Phi) is 5.09. The van der Waals surface area contributed by atoms with Gasteiger partial charge in [0.2, 0.25) is 0 Å². The molecule has 2 aromatic carbocycles. The number of nitro groups is 1. The molecule has 0 bridgehead atoms. The van der Waals surface area contributed by atoms with Crippen LogP contribution in [0.4, 0.5) is 11.4 Å². The molecule has 0 radical (unpaired) electrons. The zero-order valence-corrected chi connectivity index (χ0v) is 13.2. The highest BCUT2D eigenvalue weighted by Crippen LogP contribution is 2.29. The summed E-state index contributed by atoms with van der Waals surface area (Å²) in [4.78, 5) is 11.6. The maximum Gasteiger partial charge on any atom is 0.289 e. The van der Waals surface area contributed by atoms with Gasteiger partial charge in [-0.2, -0.15) is 0 Å². The van der Waals surface area contributed by atoms with Crippen LogP contribution in [0.1, 0.15) is 18.5 Å². The Morgan fingerprint density at radius 2 is 1.90 bits per heavy atom. The number of hydrogen-bond acceptors (Lipinski definition) is 4. The molecule has 1 unspecified atom stereocenters. The minimum Gasteiger partial charge on any atom is -0.378 e. The number of hydrogen-bond donors (Lipinski definition) is 1. The molecule has 0 aliphatic heterocycles. The maximum absolute atomic E-state index is 10.9. The summed E-state index contributed by atoms with van der Waals surface area (Å²) >= 11 is 7.50. The van der Waals surface area contributed by atoms with E-state index in [4.69, 9.17) is 11.6 Å². The number of anilines is 1. The van der Waals surface area contributed by atoms with Crippen molar-refractivity contribution in [3.63, 3.8) is 0 Å². The van der Waals surface area contributed by atoms with E-state index in [1.54, 1.807) is 17.8 Å². The largest absolute Gasteiger partial charge is 0.378 e. The van der Waals surface area contributed by atoms with Crippen LogP contribution in [-0.2, 0) is 0 Å². The lowest BCUT2D eigenvalue weighted by atomic mass is 10.1. The van der Waals surface area contributed by atoms with E-state index in [0.717, 1.165) is 5.56 Å². The topological polar surface area (TPSA) is 55.2 Å². The van der Waals surface area contributed by atoms with E-state index >= 15 is 0 Å². The number of thioether (sulfide) groups is 1. The number of nitrogens with one attached hydrogen (secondary N) is 1. The van der Waals surface area contributed by atoms with Crippen LogP contribution in [0.2, 0.25) is 5.02 Å². The van der Waals surface area contributed by atoms with E-state index in [9.17, 15) is 10.1 Å². The second kappa shape index (κ2) is 6.83. The first-order valence-electron chi connectivity index (χ1n) is 6.35. The van der Waals surface area contributed by atoms with Gasteiger partial charge in [-0.1, -0.05) is 23.7 Å². The van der Waals surface area contributed by atoms with E-state index in [-0.39, 0.29) is 16.8 Å². The van der Waals surface area contributed by atoms with Gasteiger partial charge in [0, 0.05) is 22.7 Å². The Bertz CT molecular complexity index is 647. The normalized spacial score (nSPS) is 12.0. The van der Waals surface area contributed by atoms with E-state index in [2.05, 4.69) is 17.4 Å². The molecule has 2 rings (SSSR count). The Morgan fingerprint density at radius 1 is 1.24 bits per heavy atom. The van der Waals surface area contributed by atoms with E-state index in [0.29, 0.717) is 5.69 Å². The molecule has 6 heteroatoms. The lowest BCUT2D eigenvalue weighted by Crippen LogP contribution is -2.06. The molecule has 0 saturated carbocycles. The number of nitrogens with zero attached hydrogens (tertiary/aromatic N) is 1. The lowest BCUT2D eigenvalue weighted by Gasteiger charge is -2.16. The Balaban J connectivity index is 2.16. The highest BCUT2D eigenvalue weighted by atomic mass is 35.5. The van der Waals surface area contributed by atoms with Gasteiger partial charge in [-0.25, -0.2) is 0 Å². The molecule has 110 valence electrons. The first kappa shape index (κ1) is 15.7. The molecule has 1 atom stereocenters. The molecule has 4 nitrogen and oxygen atoms in total. The van der Waals surface area contributed by atoms with E-state index in [1.807, 2.05) is 25.3 Å². The second-order valence-electron chi connectivity index (χ2n) is 4.56. The Hall–Kier alpha value is -1.72. The van der Waals surface area contributed by atoms with Gasteiger partial charge in [0.05, 0.1) is 4.92 Å². The van der Waals surface area contributed by atoms with Gasteiger partial charge in [0.1, 0.15) is 5.02 Å². The van der Waals surface area contributed by atoms with Crippen LogP contribution in [0.5, 0.6) is 0 Å². The minimum absolute atomic E-state index is 0.0432. The third-order valence-corrected chi connectivity index (χ3v) is 4.20. The van der Waals surface area contributed by atoms with Crippen molar-refractivity contribution in [3.8, 4) is 0 Å². The van der Waals surface area contributed by atoms with Crippen LogP contribution in [0.25, 0.3) is 0 Å². The molecule has 0 saturated heterocycles. The highest BCUT2D eigenvalue weighted by Gasteiger charge is 2.14. The summed E-state index contributed by atoms with van der Waals surface area (Å²) in [6.45, 7) is 2.01. The van der Waals surface area contributed by atoms with Crippen LogP contribution >= 0.6 is 23.4 Å². The molecular formula is C15H15ClN2O2S. The predicted molar refractivity (Wildman–Crippen MR) is 88.4 cm³/mol. The summed E-state index contributed by atoms with van der Waals surface area (Å²) in [7, 11) is 0. The van der Waals surface area contributed by atoms with Gasteiger partial charge in [-0.3, -0.25) is 10.1 Å². The number of halogens is 1. The number of benzene rings is 2. The van der Waals surface area contributed by atoms with Crippen molar-refractivity contribution in [2.45, 2.75) is 17.9 Å². The molecule has 0 fully saturated rings. The van der Waals surface area contributed by atoms with Crippen molar-refractivity contribution in [2.75, 3.05) is 11.6 Å². The fourth-order valence-electron chi connectivity index (χ4n) is 1.97. The second-order valence-corrected chi connectivity index (χ2v) is 5.85. The zero-order chi connectivity index (χ0) is 15.4. The van der Waals surface area contributed by atoms with Crippen LogP contribution in [0.3, 0.4) is 0 Å². The molecule has 0 aliphatic rings. The van der Waals surface area contributed by atoms with E-state index in [1.165, 1.54) is 17.0 Å². The van der Waals surface area contributed by atoms with Gasteiger partial charge in [0.25, 0.3) is 5.69 Å². The average Bonchev–Trinajstić information content (AvgIpc) is 2.49. The van der Waals surface area contributed by atoms with Crippen molar-refractivity contribution in [1.29, 1.82) is 0 Å². The van der Waals surface area contributed by atoms with E-state index < -0.39 is 4.92 Å². The third-order valence-electron chi connectivity index (χ3n) is 3.14. The SMILES string of the molecule is CSc1ccc(C(C)Nc2ccc(Cl)c([N+](=O)[O-])c2)cc1. The molecule has 2 aromatic rings. The zero-order valence-electron chi connectivity index (χ0n) is 11.7. The van der Waals surface area contributed by atoms with Gasteiger partial charge in [0.15, 0.2) is 0 Å². The number of rotatable bonds is 5.